The van der Waals surface area contributed by atoms with Gasteiger partial charge in [0.2, 0.25) is 0 Å². The Kier molecular flexibility index (Phi) is 5.55. The molecule has 0 radical (unpaired) electrons. The Morgan fingerprint density at radius 1 is 1.30 bits per heavy atom. The molecule has 112 valence electrons. The van der Waals surface area contributed by atoms with E-state index in [1.54, 1.807) is 12.1 Å². The van der Waals surface area contributed by atoms with Gasteiger partial charge in [0, 0.05) is 25.2 Å². The third-order valence-electron chi connectivity index (χ3n) is 4.17. The Bertz CT molecular complexity index is 402. The molecule has 1 aromatic carbocycles. The summed E-state index contributed by atoms with van der Waals surface area (Å²) in [7, 11) is 0. The molecule has 2 unspecified atom stereocenters. The van der Waals surface area contributed by atoms with Gasteiger partial charge in [-0.3, -0.25) is 0 Å². The van der Waals surface area contributed by atoms with Crippen molar-refractivity contribution < 1.29 is 4.39 Å². The average molecular weight is 278 g/mol. The topological polar surface area (TPSA) is 15.3 Å². The molecule has 1 heterocycles. The van der Waals surface area contributed by atoms with Gasteiger partial charge in [-0.1, -0.05) is 32.9 Å². The standard InChI is InChI=1S/C17H27FN2/c1-13(2)19-17-9-11-20(12-14(17)3)10-8-15-4-6-16(18)7-5-15/h4-7,13-14,17,19H,8-12H2,1-3H3. The van der Waals surface area contributed by atoms with Crippen molar-refractivity contribution in [3.63, 3.8) is 0 Å². The molecule has 1 fully saturated rings. The van der Waals surface area contributed by atoms with Crippen molar-refractivity contribution >= 4 is 0 Å². The van der Waals surface area contributed by atoms with Gasteiger partial charge in [-0.15, -0.1) is 0 Å². The van der Waals surface area contributed by atoms with E-state index in [1.807, 2.05) is 12.1 Å². The molecule has 1 aromatic rings. The Hall–Kier alpha value is -0.930. The molecule has 0 aromatic heterocycles. The number of hydrogen-bond donors (Lipinski definition) is 1. The molecular formula is C17H27FN2. The first-order valence-corrected chi connectivity index (χ1v) is 7.77. The zero-order valence-corrected chi connectivity index (χ0v) is 12.9. The second-order valence-corrected chi connectivity index (χ2v) is 6.37. The van der Waals surface area contributed by atoms with E-state index in [4.69, 9.17) is 0 Å². The first-order chi connectivity index (χ1) is 9.54. The number of nitrogens with one attached hydrogen (secondary N) is 1. The van der Waals surface area contributed by atoms with Crippen LogP contribution < -0.4 is 5.32 Å². The van der Waals surface area contributed by atoms with E-state index >= 15 is 0 Å². The molecule has 0 aliphatic carbocycles. The van der Waals surface area contributed by atoms with Crippen LogP contribution in [-0.4, -0.2) is 36.6 Å². The monoisotopic (exact) mass is 278 g/mol. The highest BCUT2D eigenvalue weighted by atomic mass is 19.1. The van der Waals surface area contributed by atoms with Gasteiger partial charge in [-0.2, -0.15) is 0 Å². The van der Waals surface area contributed by atoms with Gasteiger partial charge in [0.1, 0.15) is 5.82 Å². The molecule has 2 rings (SSSR count). The van der Waals surface area contributed by atoms with Gasteiger partial charge in [-0.25, -0.2) is 4.39 Å². The van der Waals surface area contributed by atoms with E-state index in [0.717, 1.165) is 26.1 Å². The lowest BCUT2D eigenvalue weighted by Crippen LogP contribution is -2.50. The third kappa shape index (κ3) is 4.57. The van der Waals surface area contributed by atoms with Crippen LogP contribution in [0.25, 0.3) is 0 Å². The highest BCUT2D eigenvalue weighted by molar-refractivity contribution is 5.16. The van der Waals surface area contributed by atoms with Crippen molar-refractivity contribution in [2.24, 2.45) is 5.92 Å². The maximum absolute atomic E-state index is 12.9. The van der Waals surface area contributed by atoms with Crippen molar-refractivity contribution in [1.82, 2.24) is 10.2 Å². The van der Waals surface area contributed by atoms with Crippen molar-refractivity contribution in [2.45, 2.75) is 45.7 Å². The second-order valence-electron chi connectivity index (χ2n) is 6.37. The van der Waals surface area contributed by atoms with Crippen molar-refractivity contribution in [2.75, 3.05) is 19.6 Å². The van der Waals surface area contributed by atoms with Crippen LogP contribution >= 0.6 is 0 Å². The number of benzene rings is 1. The van der Waals surface area contributed by atoms with Crippen LogP contribution in [0.4, 0.5) is 4.39 Å². The highest BCUT2D eigenvalue weighted by Crippen LogP contribution is 2.18. The Labute approximate surface area is 122 Å². The van der Waals surface area contributed by atoms with Crippen molar-refractivity contribution in [3.8, 4) is 0 Å². The lowest BCUT2D eigenvalue weighted by Gasteiger charge is -2.38. The molecule has 2 atom stereocenters. The van der Waals surface area contributed by atoms with E-state index in [9.17, 15) is 4.39 Å². The fourth-order valence-electron chi connectivity index (χ4n) is 3.05. The van der Waals surface area contributed by atoms with Gasteiger partial charge in [0.05, 0.1) is 0 Å². The normalized spacial score (nSPS) is 24.2. The summed E-state index contributed by atoms with van der Waals surface area (Å²) in [5, 5.41) is 3.66. The summed E-state index contributed by atoms with van der Waals surface area (Å²) in [6, 6.07) is 8.11. The van der Waals surface area contributed by atoms with Crippen LogP contribution in [0.15, 0.2) is 24.3 Å². The average Bonchev–Trinajstić information content (AvgIpc) is 2.40. The van der Waals surface area contributed by atoms with Crippen molar-refractivity contribution in [3.05, 3.63) is 35.6 Å². The van der Waals surface area contributed by atoms with Gasteiger partial charge >= 0.3 is 0 Å². The minimum absolute atomic E-state index is 0.150. The van der Waals surface area contributed by atoms with Crippen LogP contribution in [0.1, 0.15) is 32.8 Å². The lowest BCUT2D eigenvalue weighted by atomic mass is 9.93. The fraction of sp³-hybridized carbons (Fsp3) is 0.647. The highest BCUT2D eigenvalue weighted by Gasteiger charge is 2.25. The summed E-state index contributed by atoms with van der Waals surface area (Å²) in [4.78, 5) is 2.53. The predicted molar refractivity (Wildman–Crippen MR) is 82.4 cm³/mol. The minimum atomic E-state index is -0.150. The van der Waals surface area contributed by atoms with Crippen LogP contribution in [0.3, 0.4) is 0 Å². The number of piperidine rings is 1. The summed E-state index contributed by atoms with van der Waals surface area (Å²) in [6.07, 6.45) is 2.23. The Balaban J connectivity index is 1.77. The summed E-state index contributed by atoms with van der Waals surface area (Å²) in [5.41, 5.74) is 1.22. The summed E-state index contributed by atoms with van der Waals surface area (Å²) < 4.78 is 12.9. The molecule has 1 aliphatic heterocycles. The van der Waals surface area contributed by atoms with Crippen molar-refractivity contribution in [1.29, 1.82) is 0 Å². The van der Waals surface area contributed by atoms with Crippen LogP contribution in [0, 0.1) is 11.7 Å². The molecule has 0 saturated carbocycles. The quantitative estimate of drug-likeness (QED) is 0.890. The van der Waals surface area contributed by atoms with Gasteiger partial charge in [0.25, 0.3) is 0 Å². The molecular weight excluding hydrogens is 251 g/mol. The van der Waals surface area contributed by atoms with E-state index < -0.39 is 0 Å². The molecule has 1 N–H and O–H groups in total. The first-order valence-electron chi connectivity index (χ1n) is 7.77. The molecule has 20 heavy (non-hydrogen) atoms. The Morgan fingerprint density at radius 2 is 2.00 bits per heavy atom. The number of halogens is 1. The summed E-state index contributed by atoms with van der Waals surface area (Å²) in [6.45, 7) is 10.2. The van der Waals surface area contributed by atoms with Crippen LogP contribution in [0.5, 0.6) is 0 Å². The third-order valence-corrected chi connectivity index (χ3v) is 4.17. The molecule has 0 bridgehead atoms. The number of nitrogens with zero attached hydrogens (tertiary/aromatic N) is 1. The zero-order valence-electron chi connectivity index (χ0n) is 12.9. The van der Waals surface area contributed by atoms with Gasteiger partial charge < -0.3 is 10.2 Å². The van der Waals surface area contributed by atoms with E-state index in [0.29, 0.717) is 18.0 Å². The molecule has 3 heteroatoms. The molecule has 2 nitrogen and oxygen atoms in total. The van der Waals surface area contributed by atoms with Crippen LogP contribution in [-0.2, 0) is 6.42 Å². The smallest absolute Gasteiger partial charge is 0.123 e. The zero-order chi connectivity index (χ0) is 14.5. The number of hydrogen-bond acceptors (Lipinski definition) is 2. The fourth-order valence-corrected chi connectivity index (χ4v) is 3.05. The summed E-state index contributed by atoms with van der Waals surface area (Å²) >= 11 is 0. The Morgan fingerprint density at radius 3 is 2.60 bits per heavy atom. The maximum atomic E-state index is 12.9. The number of rotatable bonds is 5. The van der Waals surface area contributed by atoms with E-state index in [1.165, 1.54) is 12.0 Å². The number of likely N-dealkylation sites (tertiary alicyclic amines) is 1. The predicted octanol–water partition coefficient (Wildman–Crippen LogP) is 3.08. The largest absolute Gasteiger partial charge is 0.311 e. The summed E-state index contributed by atoms with van der Waals surface area (Å²) in [5.74, 6) is 0.544. The van der Waals surface area contributed by atoms with Crippen LogP contribution in [0.2, 0.25) is 0 Å². The first kappa shape index (κ1) is 15.5. The molecule has 1 aliphatic rings. The van der Waals surface area contributed by atoms with Gasteiger partial charge in [0.15, 0.2) is 0 Å². The van der Waals surface area contributed by atoms with E-state index in [2.05, 4.69) is 31.0 Å². The molecule has 1 saturated heterocycles. The van der Waals surface area contributed by atoms with Gasteiger partial charge in [-0.05, 0) is 43.0 Å². The second kappa shape index (κ2) is 7.19. The minimum Gasteiger partial charge on any atom is -0.311 e. The lowest BCUT2D eigenvalue weighted by molar-refractivity contribution is 0.144. The van der Waals surface area contributed by atoms with E-state index in [-0.39, 0.29) is 5.82 Å². The SMILES string of the molecule is CC(C)NC1CCN(CCc2ccc(F)cc2)CC1C. The molecule has 0 amide bonds. The maximum Gasteiger partial charge on any atom is 0.123 e. The molecule has 0 spiro atoms.